The van der Waals surface area contributed by atoms with Gasteiger partial charge in [0.25, 0.3) is 5.91 Å². The summed E-state index contributed by atoms with van der Waals surface area (Å²) in [5.74, 6) is -0.331. The molecule has 1 amide bonds. The fourth-order valence-electron chi connectivity index (χ4n) is 1.03. The van der Waals surface area contributed by atoms with Crippen LogP contribution >= 0.6 is 11.6 Å². The van der Waals surface area contributed by atoms with E-state index < -0.39 is 11.5 Å². The number of halogens is 1. The molecule has 0 aliphatic rings. The van der Waals surface area contributed by atoms with Crippen LogP contribution in [0.3, 0.4) is 0 Å². The third kappa shape index (κ3) is 2.73. The molecule has 0 fully saturated rings. The van der Waals surface area contributed by atoms with Crippen molar-refractivity contribution in [1.82, 2.24) is 0 Å². The Balaban J connectivity index is 3.06. The molecule has 2 N–H and O–H groups in total. The highest BCUT2D eigenvalue weighted by Gasteiger charge is 2.27. The molecule has 0 radical (unpaired) electrons. The number of hydrogen-bond acceptors (Lipinski definition) is 3. The molecule has 0 unspecified atom stereocenters. The zero-order chi connectivity index (χ0) is 12.3. The number of amides is 1. The van der Waals surface area contributed by atoms with Gasteiger partial charge >= 0.3 is 0 Å². The first-order chi connectivity index (χ1) is 7.36. The molecular weight excluding hydrogens is 230 g/mol. The van der Waals surface area contributed by atoms with Crippen LogP contribution in [-0.2, 0) is 4.79 Å². The topological polar surface area (TPSA) is 69.4 Å². The average Bonchev–Trinajstić information content (AvgIpc) is 2.20. The molecule has 0 heterocycles. The van der Waals surface area contributed by atoms with Gasteiger partial charge in [0.15, 0.2) is 11.9 Å². The van der Waals surface area contributed by atoms with Crippen molar-refractivity contribution in [2.75, 3.05) is 0 Å². The lowest BCUT2D eigenvalue weighted by Gasteiger charge is -2.23. The summed E-state index contributed by atoms with van der Waals surface area (Å²) in [7, 11) is 0. The van der Waals surface area contributed by atoms with E-state index in [0.29, 0.717) is 11.3 Å². The first-order valence-electron chi connectivity index (χ1n) is 4.60. The molecule has 0 aromatic heterocycles. The van der Waals surface area contributed by atoms with E-state index in [0.717, 1.165) is 0 Å². The van der Waals surface area contributed by atoms with E-state index in [1.165, 1.54) is 26.0 Å². The van der Waals surface area contributed by atoms with Gasteiger partial charge in [-0.15, -0.1) is 0 Å². The lowest BCUT2D eigenvalue weighted by atomic mass is 10.1. The van der Waals surface area contributed by atoms with E-state index in [2.05, 4.69) is 0 Å². The van der Waals surface area contributed by atoms with Crippen LogP contribution in [0.15, 0.2) is 18.2 Å². The molecule has 1 aromatic carbocycles. The van der Waals surface area contributed by atoms with Crippen molar-refractivity contribution in [1.29, 1.82) is 0 Å². The van der Waals surface area contributed by atoms with Gasteiger partial charge < -0.3 is 10.5 Å². The highest BCUT2D eigenvalue weighted by Crippen LogP contribution is 2.25. The maximum absolute atomic E-state index is 11.1. The van der Waals surface area contributed by atoms with Crippen molar-refractivity contribution in [3.05, 3.63) is 28.8 Å². The first-order valence-corrected chi connectivity index (χ1v) is 4.98. The Morgan fingerprint density at radius 3 is 2.62 bits per heavy atom. The Labute approximate surface area is 98.3 Å². The quantitative estimate of drug-likeness (QED) is 0.817. The second kappa shape index (κ2) is 4.53. The van der Waals surface area contributed by atoms with Gasteiger partial charge in [-0.2, -0.15) is 0 Å². The third-order valence-corrected chi connectivity index (χ3v) is 2.29. The lowest BCUT2D eigenvalue weighted by molar-refractivity contribution is -0.130. The van der Waals surface area contributed by atoms with E-state index >= 15 is 0 Å². The number of benzene rings is 1. The molecule has 0 aliphatic carbocycles. The highest BCUT2D eigenvalue weighted by molar-refractivity contribution is 6.30. The Morgan fingerprint density at radius 2 is 2.12 bits per heavy atom. The smallest absolute Gasteiger partial charge is 0.261 e. The minimum Gasteiger partial charge on any atom is -0.477 e. The molecule has 1 rings (SSSR count). The zero-order valence-electron chi connectivity index (χ0n) is 8.99. The van der Waals surface area contributed by atoms with Crippen molar-refractivity contribution < 1.29 is 14.3 Å². The van der Waals surface area contributed by atoms with Gasteiger partial charge in [0.1, 0.15) is 5.75 Å². The summed E-state index contributed by atoms with van der Waals surface area (Å²) in [6, 6.07) is 4.55. The molecule has 0 bridgehead atoms. The van der Waals surface area contributed by atoms with Gasteiger partial charge in [0.2, 0.25) is 0 Å². The predicted molar refractivity (Wildman–Crippen MR) is 60.7 cm³/mol. The van der Waals surface area contributed by atoms with Crippen molar-refractivity contribution in [3.63, 3.8) is 0 Å². The Morgan fingerprint density at radius 1 is 1.50 bits per heavy atom. The van der Waals surface area contributed by atoms with E-state index in [-0.39, 0.29) is 11.3 Å². The van der Waals surface area contributed by atoms with E-state index in [1.807, 2.05) is 0 Å². The molecule has 0 saturated carbocycles. The van der Waals surface area contributed by atoms with Gasteiger partial charge in [-0.25, -0.2) is 0 Å². The summed E-state index contributed by atoms with van der Waals surface area (Å²) in [5, 5.41) is 0.423. The van der Waals surface area contributed by atoms with Crippen molar-refractivity contribution >= 4 is 23.8 Å². The molecule has 0 saturated heterocycles. The maximum Gasteiger partial charge on any atom is 0.261 e. The largest absolute Gasteiger partial charge is 0.477 e. The molecule has 5 heteroatoms. The summed E-state index contributed by atoms with van der Waals surface area (Å²) < 4.78 is 5.38. The number of primary amides is 1. The molecule has 0 atom stereocenters. The van der Waals surface area contributed by atoms with Crippen LogP contribution in [0.25, 0.3) is 0 Å². The van der Waals surface area contributed by atoms with Crippen LogP contribution in [-0.4, -0.2) is 17.8 Å². The number of rotatable bonds is 4. The number of aldehydes is 1. The monoisotopic (exact) mass is 241 g/mol. The van der Waals surface area contributed by atoms with Crippen molar-refractivity contribution in [2.24, 2.45) is 5.73 Å². The normalized spacial score (nSPS) is 10.9. The first kappa shape index (κ1) is 12.5. The zero-order valence-corrected chi connectivity index (χ0v) is 9.75. The minimum atomic E-state index is -1.18. The molecule has 0 spiro atoms. The van der Waals surface area contributed by atoms with E-state index in [9.17, 15) is 9.59 Å². The highest BCUT2D eigenvalue weighted by atomic mass is 35.5. The number of carbonyl (C=O) groups is 2. The standard InChI is InChI=1S/C11H12ClNO3/c1-11(2,10(13)15)16-9-4-3-8(12)5-7(9)6-14/h3-6H,1-2H3,(H2,13,15). The number of nitrogens with two attached hydrogens (primary N) is 1. The summed E-state index contributed by atoms with van der Waals surface area (Å²) in [6.07, 6.45) is 0.609. The van der Waals surface area contributed by atoms with Crippen LogP contribution < -0.4 is 10.5 Å². The molecule has 86 valence electrons. The fraction of sp³-hybridized carbons (Fsp3) is 0.273. The molecule has 1 aromatic rings. The fourth-order valence-corrected chi connectivity index (χ4v) is 1.21. The Bertz CT molecular complexity index is 429. The van der Waals surface area contributed by atoms with Crippen LogP contribution in [0.1, 0.15) is 24.2 Å². The van der Waals surface area contributed by atoms with Crippen LogP contribution in [0, 0.1) is 0 Å². The Hall–Kier alpha value is -1.55. The van der Waals surface area contributed by atoms with Gasteiger partial charge in [-0.3, -0.25) is 9.59 Å². The van der Waals surface area contributed by atoms with E-state index in [4.69, 9.17) is 22.1 Å². The van der Waals surface area contributed by atoms with Crippen LogP contribution in [0.5, 0.6) is 5.75 Å². The second-order valence-electron chi connectivity index (χ2n) is 3.78. The summed E-state index contributed by atoms with van der Waals surface area (Å²) >= 11 is 5.72. The summed E-state index contributed by atoms with van der Waals surface area (Å²) in [4.78, 5) is 21.9. The predicted octanol–water partition coefficient (Wildman–Crippen LogP) is 1.80. The Kier molecular flexibility index (Phi) is 3.55. The lowest BCUT2D eigenvalue weighted by Crippen LogP contribution is -2.43. The SMILES string of the molecule is CC(C)(Oc1ccc(Cl)cc1C=O)C(N)=O. The maximum atomic E-state index is 11.1. The van der Waals surface area contributed by atoms with Crippen molar-refractivity contribution in [3.8, 4) is 5.75 Å². The van der Waals surface area contributed by atoms with Crippen LogP contribution in [0.2, 0.25) is 5.02 Å². The molecule has 4 nitrogen and oxygen atoms in total. The molecule has 0 aliphatic heterocycles. The van der Waals surface area contributed by atoms with E-state index in [1.54, 1.807) is 6.07 Å². The second-order valence-corrected chi connectivity index (χ2v) is 4.21. The summed E-state index contributed by atoms with van der Waals surface area (Å²) in [5.41, 5.74) is 4.27. The van der Waals surface area contributed by atoms with Gasteiger partial charge in [0, 0.05) is 5.02 Å². The molecule has 16 heavy (non-hydrogen) atoms. The third-order valence-electron chi connectivity index (χ3n) is 2.06. The van der Waals surface area contributed by atoms with Gasteiger partial charge in [-0.1, -0.05) is 11.6 Å². The summed E-state index contributed by atoms with van der Waals surface area (Å²) in [6.45, 7) is 3.05. The van der Waals surface area contributed by atoms with Gasteiger partial charge in [-0.05, 0) is 32.0 Å². The number of hydrogen-bond donors (Lipinski definition) is 1. The van der Waals surface area contributed by atoms with Gasteiger partial charge in [0.05, 0.1) is 5.56 Å². The average molecular weight is 242 g/mol. The van der Waals surface area contributed by atoms with Crippen molar-refractivity contribution in [2.45, 2.75) is 19.4 Å². The minimum absolute atomic E-state index is 0.279. The van der Waals surface area contributed by atoms with Crippen LogP contribution in [0.4, 0.5) is 0 Å². The molecular formula is C11H12ClNO3. The number of carbonyl (C=O) groups excluding carboxylic acids is 2. The number of ether oxygens (including phenoxy) is 1.